The molecule has 0 saturated heterocycles. The van der Waals surface area contributed by atoms with Crippen molar-refractivity contribution in [2.75, 3.05) is 13.1 Å². The average molecular weight is 590 g/mol. The number of alkyl halides is 4. The molecule has 1 amide bonds. The van der Waals surface area contributed by atoms with Crippen LogP contribution in [0.3, 0.4) is 0 Å². The number of carbonyl (C=O) groups is 3. The molecule has 1 aromatic heterocycles. The lowest BCUT2D eigenvalue weighted by Gasteiger charge is -2.30. The second-order valence-electron chi connectivity index (χ2n) is 10.7. The molecular formula is C26H25Cl2F4N3O4. The summed E-state index contributed by atoms with van der Waals surface area (Å²) in [7, 11) is 0. The standard InChI is InChI=1S/C26H25Cl2F4N3O4/c27-17-4-3-5-18(28)21(17)19(36)11-34(12-25(29)6-1-2-7-25)23(37)16-10-33-35(22(16)26(30,31)32)13-8-14-15(9-13)20(14)24(38)39/h3-5,10,13-15,20H,1-2,6-9,11-12H2,(H,38,39)/t13-,14+,15?,20+/m0/s1. The van der Waals surface area contributed by atoms with Crippen LogP contribution in [0.1, 0.15) is 71.0 Å². The number of aromatic nitrogens is 2. The Labute approximate surface area is 231 Å². The molecule has 3 fully saturated rings. The molecule has 210 valence electrons. The number of carboxylic acids is 1. The number of halogens is 6. The molecule has 3 saturated carbocycles. The number of fused-ring (bicyclic) bond motifs is 1. The number of carbonyl (C=O) groups excluding carboxylic acids is 2. The summed E-state index contributed by atoms with van der Waals surface area (Å²) in [5.41, 5.74) is -4.05. The molecule has 7 nitrogen and oxygen atoms in total. The molecule has 3 aliphatic carbocycles. The zero-order valence-electron chi connectivity index (χ0n) is 20.6. The third kappa shape index (κ3) is 5.27. The molecule has 0 aliphatic heterocycles. The SMILES string of the molecule is O=C(CN(CC1(F)CCCC1)C(=O)c1cnn([C@@H]2CC3[C@@H](C2)[C@H]3C(=O)O)c1C(F)(F)F)c1c(Cl)cccc1Cl. The van der Waals surface area contributed by atoms with Gasteiger partial charge >= 0.3 is 12.1 Å². The number of hydrogen-bond acceptors (Lipinski definition) is 4. The minimum Gasteiger partial charge on any atom is -0.481 e. The highest BCUT2D eigenvalue weighted by Gasteiger charge is 2.61. The molecule has 1 N–H and O–H groups in total. The van der Waals surface area contributed by atoms with Gasteiger partial charge in [0.05, 0.1) is 52.4 Å². The van der Waals surface area contributed by atoms with E-state index in [4.69, 9.17) is 23.2 Å². The molecule has 0 spiro atoms. The van der Waals surface area contributed by atoms with Gasteiger partial charge in [-0.05, 0) is 49.7 Å². The minimum absolute atomic E-state index is 0.000934. The van der Waals surface area contributed by atoms with E-state index in [2.05, 4.69) is 5.10 Å². The van der Waals surface area contributed by atoms with E-state index in [0.29, 0.717) is 12.8 Å². The largest absolute Gasteiger partial charge is 0.481 e. The molecule has 5 rings (SSSR count). The molecular weight excluding hydrogens is 565 g/mol. The summed E-state index contributed by atoms with van der Waals surface area (Å²) in [5, 5.41) is 13.1. The Morgan fingerprint density at radius 1 is 1.10 bits per heavy atom. The van der Waals surface area contributed by atoms with Crippen LogP contribution in [0, 0.1) is 17.8 Å². The molecule has 3 aliphatic rings. The second-order valence-corrected chi connectivity index (χ2v) is 11.5. The van der Waals surface area contributed by atoms with E-state index < -0.39 is 65.8 Å². The van der Waals surface area contributed by atoms with E-state index in [1.807, 2.05) is 0 Å². The number of aliphatic carboxylic acids is 1. The van der Waals surface area contributed by atoms with Crippen molar-refractivity contribution in [3.63, 3.8) is 0 Å². The van der Waals surface area contributed by atoms with Crippen LogP contribution in [0.4, 0.5) is 17.6 Å². The van der Waals surface area contributed by atoms with E-state index in [0.717, 1.165) is 15.8 Å². The van der Waals surface area contributed by atoms with Crippen molar-refractivity contribution in [1.82, 2.24) is 14.7 Å². The van der Waals surface area contributed by atoms with Crippen LogP contribution < -0.4 is 0 Å². The van der Waals surface area contributed by atoms with Crippen LogP contribution in [-0.4, -0.2) is 56.2 Å². The van der Waals surface area contributed by atoms with Crippen molar-refractivity contribution < 1.29 is 37.1 Å². The molecule has 13 heteroatoms. The van der Waals surface area contributed by atoms with E-state index in [-0.39, 0.29) is 53.1 Å². The lowest BCUT2D eigenvalue weighted by molar-refractivity contribution is -0.146. The number of carboxylic acid groups (broad SMARTS) is 1. The number of hydrogen-bond donors (Lipinski definition) is 1. The first-order chi connectivity index (χ1) is 18.3. The summed E-state index contributed by atoms with van der Waals surface area (Å²) in [6, 6.07) is 3.60. The number of rotatable bonds is 8. The number of Topliss-reactive ketones (excluding diaryl/α,β-unsaturated/α-hetero) is 1. The Morgan fingerprint density at radius 2 is 1.69 bits per heavy atom. The summed E-state index contributed by atoms with van der Waals surface area (Å²) in [6.07, 6.45) is -2.47. The van der Waals surface area contributed by atoms with E-state index in [1.54, 1.807) is 0 Å². The fourth-order valence-corrected chi connectivity index (χ4v) is 6.96. The lowest BCUT2D eigenvalue weighted by Crippen LogP contribution is -2.45. The Bertz CT molecular complexity index is 1290. The van der Waals surface area contributed by atoms with Crippen LogP contribution in [0.25, 0.3) is 0 Å². The maximum absolute atomic E-state index is 15.5. The normalized spacial score (nSPS) is 25.4. The number of ketones is 1. The number of amides is 1. The van der Waals surface area contributed by atoms with Gasteiger partial charge < -0.3 is 10.0 Å². The highest BCUT2D eigenvalue weighted by Crippen LogP contribution is 2.61. The third-order valence-electron chi connectivity index (χ3n) is 8.18. The quantitative estimate of drug-likeness (QED) is 0.297. The van der Waals surface area contributed by atoms with E-state index >= 15 is 4.39 Å². The summed E-state index contributed by atoms with van der Waals surface area (Å²) in [4.78, 5) is 38.9. The Morgan fingerprint density at radius 3 is 2.23 bits per heavy atom. The van der Waals surface area contributed by atoms with Gasteiger partial charge in [0.2, 0.25) is 0 Å². The third-order valence-corrected chi connectivity index (χ3v) is 8.81. The maximum Gasteiger partial charge on any atom is 0.433 e. The van der Waals surface area contributed by atoms with Crippen molar-refractivity contribution in [2.45, 2.75) is 56.4 Å². The van der Waals surface area contributed by atoms with Crippen LogP contribution in [0.5, 0.6) is 0 Å². The van der Waals surface area contributed by atoms with Crippen molar-refractivity contribution in [1.29, 1.82) is 0 Å². The van der Waals surface area contributed by atoms with Crippen LogP contribution >= 0.6 is 23.2 Å². The number of benzene rings is 1. The molecule has 0 radical (unpaired) electrons. The van der Waals surface area contributed by atoms with Crippen LogP contribution in [-0.2, 0) is 11.0 Å². The van der Waals surface area contributed by atoms with Gasteiger partial charge in [-0.1, -0.05) is 42.1 Å². The van der Waals surface area contributed by atoms with Crippen molar-refractivity contribution in [3.05, 3.63) is 51.3 Å². The fraction of sp³-hybridized carbons (Fsp3) is 0.538. The van der Waals surface area contributed by atoms with Crippen molar-refractivity contribution in [3.8, 4) is 0 Å². The monoisotopic (exact) mass is 589 g/mol. The topological polar surface area (TPSA) is 92.5 Å². The molecule has 2 aromatic rings. The van der Waals surface area contributed by atoms with E-state index in [1.165, 1.54) is 18.2 Å². The predicted octanol–water partition coefficient (Wildman–Crippen LogP) is 6.10. The minimum atomic E-state index is -4.98. The van der Waals surface area contributed by atoms with Gasteiger partial charge in [-0.2, -0.15) is 18.3 Å². The molecule has 1 aromatic carbocycles. The van der Waals surface area contributed by atoms with Gasteiger partial charge in [0.1, 0.15) is 5.67 Å². The second kappa shape index (κ2) is 10.1. The zero-order valence-corrected chi connectivity index (χ0v) is 22.1. The maximum atomic E-state index is 15.5. The first kappa shape index (κ1) is 27.9. The highest BCUT2D eigenvalue weighted by molar-refractivity contribution is 6.40. The summed E-state index contributed by atoms with van der Waals surface area (Å²) < 4.78 is 59.3. The van der Waals surface area contributed by atoms with Gasteiger partial charge in [-0.3, -0.25) is 19.1 Å². The first-order valence-electron chi connectivity index (χ1n) is 12.6. The Kier molecular flexibility index (Phi) is 7.20. The van der Waals surface area contributed by atoms with Gasteiger partial charge in [0.15, 0.2) is 11.5 Å². The summed E-state index contributed by atoms with van der Waals surface area (Å²) in [5.74, 6) is -3.93. The number of nitrogens with zero attached hydrogens (tertiary/aromatic N) is 3. The van der Waals surface area contributed by atoms with Gasteiger partial charge in [0.25, 0.3) is 5.91 Å². The van der Waals surface area contributed by atoms with Gasteiger partial charge in [-0.15, -0.1) is 0 Å². The summed E-state index contributed by atoms with van der Waals surface area (Å²) >= 11 is 12.3. The predicted molar refractivity (Wildman–Crippen MR) is 133 cm³/mol. The Balaban J connectivity index is 1.46. The fourth-order valence-electron chi connectivity index (χ4n) is 6.35. The highest BCUT2D eigenvalue weighted by atomic mass is 35.5. The molecule has 39 heavy (non-hydrogen) atoms. The summed E-state index contributed by atoms with van der Waals surface area (Å²) in [6.45, 7) is -1.31. The molecule has 1 heterocycles. The Hall–Kier alpha value is -2.66. The average Bonchev–Trinajstić information content (AvgIpc) is 3.26. The van der Waals surface area contributed by atoms with Gasteiger partial charge in [0, 0.05) is 0 Å². The van der Waals surface area contributed by atoms with Gasteiger partial charge in [-0.25, -0.2) is 4.39 Å². The smallest absolute Gasteiger partial charge is 0.433 e. The van der Waals surface area contributed by atoms with Crippen LogP contribution in [0.15, 0.2) is 24.4 Å². The van der Waals surface area contributed by atoms with Crippen molar-refractivity contribution >= 4 is 40.9 Å². The van der Waals surface area contributed by atoms with E-state index in [9.17, 15) is 32.7 Å². The zero-order chi connectivity index (χ0) is 28.3. The molecule has 0 bridgehead atoms. The molecule has 1 unspecified atom stereocenters. The molecule has 4 atom stereocenters. The van der Waals surface area contributed by atoms with Crippen molar-refractivity contribution in [2.24, 2.45) is 17.8 Å². The first-order valence-corrected chi connectivity index (χ1v) is 13.4. The lowest BCUT2D eigenvalue weighted by atomic mass is 10.0. The van der Waals surface area contributed by atoms with Crippen LogP contribution in [0.2, 0.25) is 10.0 Å².